The molecular formula is C33H35N3O5S. The van der Waals surface area contributed by atoms with E-state index in [-0.39, 0.29) is 6.79 Å². The second-order valence-electron chi connectivity index (χ2n) is 10.2. The lowest BCUT2D eigenvalue weighted by atomic mass is 10.2. The van der Waals surface area contributed by atoms with Crippen LogP contribution in [0, 0.1) is 0 Å². The minimum atomic E-state index is -1.44. The number of aliphatic hydroxyl groups is 1. The molecule has 5 aromatic rings. The number of nitrogens with zero attached hydrogens (tertiary/aromatic N) is 3. The van der Waals surface area contributed by atoms with Crippen LogP contribution in [0.5, 0.6) is 17.4 Å². The number of rotatable bonds is 13. The lowest BCUT2D eigenvalue weighted by molar-refractivity contribution is -0.241. The van der Waals surface area contributed by atoms with Crippen LogP contribution in [-0.4, -0.2) is 67.6 Å². The molecule has 0 spiro atoms. The Balaban J connectivity index is 0.903. The Morgan fingerprint density at radius 1 is 0.833 bits per heavy atom. The van der Waals surface area contributed by atoms with Gasteiger partial charge in [0.25, 0.3) is 0 Å². The van der Waals surface area contributed by atoms with E-state index in [0.717, 1.165) is 62.2 Å². The van der Waals surface area contributed by atoms with Crippen LogP contribution in [0.4, 0.5) is 5.69 Å². The molecule has 3 heterocycles. The Labute approximate surface area is 249 Å². The lowest BCUT2D eigenvalue weighted by Crippen LogP contribution is -2.46. The molecule has 1 saturated heterocycles. The van der Waals surface area contributed by atoms with E-state index in [1.807, 2.05) is 53.8 Å². The van der Waals surface area contributed by atoms with Gasteiger partial charge in [-0.25, -0.2) is 4.98 Å². The molecule has 218 valence electrons. The van der Waals surface area contributed by atoms with E-state index >= 15 is 0 Å². The fourth-order valence-electron chi connectivity index (χ4n) is 5.14. The number of thiophene rings is 1. The van der Waals surface area contributed by atoms with E-state index in [0.29, 0.717) is 18.2 Å². The molecule has 8 nitrogen and oxygen atoms in total. The number of anilines is 1. The third-order valence-electron chi connectivity index (χ3n) is 7.36. The molecule has 2 aromatic heterocycles. The van der Waals surface area contributed by atoms with Gasteiger partial charge in [-0.15, -0.1) is 11.3 Å². The van der Waals surface area contributed by atoms with E-state index in [4.69, 9.17) is 18.9 Å². The molecule has 9 heteroatoms. The van der Waals surface area contributed by atoms with E-state index in [1.54, 1.807) is 18.2 Å². The third-order valence-corrected chi connectivity index (χ3v) is 8.24. The number of aromatic nitrogens is 1. The van der Waals surface area contributed by atoms with E-state index in [9.17, 15) is 5.11 Å². The smallest absolute Gasteiger partial charge is 0.316 e. The Kier molecular flexibility index (Phi) is 9.31. The van der Waals surface area contributed by atoms with Gasteiger partial charge in [0.05, 0.1) is 12.1 Å². The minimum Gasteiger partial charge on any atom is -0.494 e. The highest BCUT2D eigenvalue weighted by Crippen LogP contribution is 2.31. The van der Waals surface area contributed by atoms with Crippen LogP contribution in [0.15, 0.2) is 90.3 Å². The molecule has 0 saturated carbocycles. The number of pyridine rings is 1. The maximum atomic E-state index is 9.90. The van der Waals surface area contributed by atoms with Gasteiger partial charge < -0.3 is 24.2 Å². The summed E-state index contributed by atoms with van der Waals surface area (Å²) >= 11 is 1.81. The average molecular weight is 586 g/mol. The fraction of sp³-hybridized carbons (Fsp3) is 0.303. The van der Waals surface area contributed by atoms with Crippen LogP contribution in [0.3, 0.4) is 0 Å². The molecule has 6 rings (SSSR count). The molecule has 0 bridgehead atoms. The zero-order valence-corrected chi connectivity index (χ0v) is 24.2. The first-order valence-corrected chi connectivity index (χ1v) is 15.2. The van der Waals surface area contributed by atoms with Crippen molar-refractivity contribution in [2.75, 3.05) is 51.0 Å². The number of piperazine rings is 1. The number of ether oxygens (including phenoxy) is 4. The number of benzene rings is 3. The van der Waals surface area contributed by atoms with E-state index in [1.165, 1.54) is 15.8 Å². The predicted octanol–water partition coefficient (Wildman–Crippen LogP) is 6.14. The summed E-state index contributed by atoms with van der Waals surface area (Å²) in [7, 11) is 0. The highest BCUT2D eigenvalue weighted by Gasteiger charge is 2.18. The van der Waals surface area contributed by atoms with Crippen molar-refractivity contribution in [1.82, 2.24) is 9.88 Å². The van der Waals surface area contributed by atoms with Crippen molar-refractivity contribution in [2.45, 2.75) is 19.3 Å². The number of fused-ring (bicyclic) bond motifs is 2. The van der Waals surface area contributed by atoms with Gasteiger partial charge in [-0.3, -0.25) is 9.64 Å². The standard InChI is InChI=1S/C33H35N3O5S/c37-33(41-26-7-2-1-3-8-26)40-24-39-32-14-12-25-11-13-27(23-29(25)34-32)38-21-5-4-16-35-17-19-36(20-18-35)30-9-6-10-31-28(30)15-22-42-31/h1-3,6-15,22-23,33,37H,4-5,16-21,24H2. The highest BCUT2D eigenvalue weighted by molar-refractivity contribution is 7.17. The first-order valence-electron chi connectivity index (χ1n) is 14.3. The van der Waals surface area contributed by atoms with Crippen molar-refractivity contribution in [1.29, 1.82) is 0 Å². The van der Waals surface area contributed by atoms with E-state index in [2.05, 4.69) is 44.4 Å². The number of unbranched alkanes of at least 4 members (excludes halogenated alkanes) is 1. The quantitative estimate of drug-likeness (QED) is 0.131. The number of hydrogen-bond acceptors (Lipinski definition) is 9. The van der Waals surface area contributed by atoms with Gasteiger partial charge in [-0.1, -0.05) is 24.3 Å². The summed E-state index contributed by atoms with van der Waals surface area (Å²) in [6, 6.07) is 27.4. The van der Waals surface area contributed by atoms with Gasteiger partial charge in [0.1, 0.15) is 11.5 Å². The number of para-hydroxylation sites is 1. The van der Waals surface area contributed by atoms with Crippen molar-refractivity contribution in [3.05, 3.63) is 90.3 Å². The first-order chi connectivity index (χ1) is 20.7. The zero-order valence-electron chi connectivity index (χ0n) is 23.4. The monoisotopic (exact) mass is 585 g/mol. The summed E-state index contributed by atoms with van der Waals surface area (Å²) in [6.07, 6.45) is 2.09. The topological polar surface area (TPSA) is 76.5 Å². The first kappa shape index (κ1) is 28.2. The van der Waals surface area contributed by atoms with Gasteiger partial charge in [-0.2, -0.15) is 0 Å². The third kappa shape index (κ3) is 7.30. The predicted molar refractivity (Wildman–Crippen MR) is 167 cm³/mol. The lowest BCUT2D eigenvalue weighted by Gasteiger charge is -2.36. The number of hydrogen-bond donors (Lipinski definition) is 1. The van der Waals surface area contributed by atoms with Crippen LogP contribution in [0.25, 0.3) is 21.0 Å². The molecule has 1 fully saturated rings. The molecule has 0 amide bonds. The largest absolute Gasteiger partial charge is 0.494 e. The van der Waals surface area contributed by atoms with Crippen molar-refractivity contribution in [2.24, 2.45) is 0 Å². The molecule has 0 radical (unpaired) electrons. The zero-order chi connectivity index (χ0) is 28.6. The second-order valence-corrected chi connectivity index (χ2v) is 11.1. The SMILES string of the molecule is OC(OCOc1ccc2ccc(OCCCCN3CCN(c4cccc5sccc45)CC3)cc2n1)Oc1ccccc1. The minimum absolute atomic E-state index is 0.206. The van der Waals surface area contributed by atoms with Gasteiger partial charge >= 0.3 is 6.48 Å². The van der Waals surface area contributed by atoms with Gasteiger partial charge in [0.2, 0.25) is 5.88 Å². The molecule has 0 aliphatic carbocycles. The average Bonchev–Trinajstić information content (AvgIpc) is 3.51. The molecule has 42 heavy (non-hydrogen) atoms. The van der Waals surface area contributed by atoms with Gasteiger partial charge in [-0.05, 0) is 73.3 Å². The summed E-state index contributed by atoms with van der Waals surface area (Å²) in [5.41, 5.74) is 2.13. The van der Waals surface area contributed by atoms with Crippen molar-refractivity contribution in [3.8, 4) is 17.4 Å². The molecule has 1 atom stereocenters. The summed E-state index contributed by atoms with van der Waals surface area (Å²) in [5, 5.41) is 14.4. The normalized spacial score (nSPS) is 14.7. The van der Waals surface area contributed by atoms with E-state index < -0.39 is 6.48 Å². The summed E-state index contributed by atoms with van der Waals surface area (Å²) in [4.78, 5) is 9.63. The maximum absolute atomic E-state index is 9.90. The van der Waals surface area contributed by atoms with Crippen LogP contribution >= 0.6 is 11.3 Å². The summed E-state index contributed by atoms with van der Waals surface area (Å²) < 4.78 is 23.4. The van der Waals surface area contributed by atoms with Crippen molar-refractivity contribution < 1.29 is 24.1 Å². The Hall–Kier alpha value is -3.89. The van der Waals surface area contributed by atoms with Crippen molar-refractivity contribution in [3.63, 3.8) is 0 Å². The van der Waals surface area contributed by atoms with Gasteiger partial charge in [0, 0.05) is 59.5 Å². The molecule has 3 aromatic carbocycles. The molecular weight excluding hydrogens is 550 g/mol. The van der Waals surface area contributed by atoms with Gasteiger partial charge in [0.15, 0.2) is 6.79 Å². The van der Waals surface area contributed by atoms with Crippen LogP contribution in [0.2, 0.25) is 0 Å². The summed E-state index contributed by atoms with van der Waals surface area (Å²) in [6.45, 7) is 4.41. The fourth-order valence-corrected chi connectivity index (χ4v) is 5.95. The van der Waals surface area contributed by atoms with Crippen LogP contribution < -0.4 is 19.1 Å². The Bertz CT molecular complexity index is 1570. The van der Waals surface area contributed by atoms with Crippen LogP contribution in [0.1, 0.15) is 12.8 Å². The maximum Gasteiger partial charge on any atom is 0.316 e. The van der Waals surface area contributed by atoms with Crippen LogP contribution in [-0.2, 0) is 4.74 Å². The van der Waals surface area contributed by atoms with Crippen molar-refractivity contribution >= 4 is 38.0 Å². The second kappa shape index (κ2) is 13.8. The number of aliphatic hydroxyl groups excluding tert-OH is 1. The molecule has 1 aliphatic heterocycles. The summed E-state index contributed by atoms with van der Waals surface area (Å²) in [5.74, 6) is 1.67. The Morgan fingerprint density at radius 3 is 2.57 bits per heavy atom. The Morgan fingerprint density at radius 2 is 1.69 bits per heavy atom. The highest BCUT2D eigenvalue weighted by atomic mass is 32.1. The molecule has 1 unspecified atom stereocenters. The molecule has 1 aliphatic rings. The molecule has 1 N–H and O–H groups in total.